The van der Waals surface area contributed by atoms with Crippen LogP contribution in [0.15, 0.2) is 48.2 Å². The zero-order valence-corrected chi connectivity index (χ0v) is 11.2. The lowest BCUT2D eigenvalue weighted by molar-refractivity contribution is -0.114. The van der Waals surface area contributed by atoms with Gasteiger partial charge in [0, 0.05) is 17.3 Å². The van der Waals surface area contributed by atoms with Crippen molar-refractivity contribution in [3.05, 3.63) is 65.3 Å². The van der Waals surface area contributed by atoms with Gasteiger partial charge in [-0.05, 0) is 25.5 Å². The quantitative estimate of drug-likeness (QED) is 0.777. The summed E-state index contributed by atoms with van der Waals surface area (Å²) in [5, 5.41) is 0. The third-order valence-electron chi connectivity index (χ3n) is 2.98. The maximum absolute atomic E-state index is 12.2. The van der Waals surface area contributed by atoms with E-state index >= 15 is 0 Å². The van der Waals surface area contributed by atoms with E-state index in [0.717, 1.165) is 22.4 Å². The van der Waals surface area contributed by atoms with Crippen LogP contribution in [0.25, 0.3) is 6.08 Å². The lowest BCUT2D eigenvalue weighted by atomic mass is 9.88. The number of aromatic nitrogens is 2. The minimum Gasteiger partial charge on any atom is -0.294 e. The fraction of sp³-hybridized carbons (Fsp3) is 0.188. The lowest BCUT2D eigenvalue weighted by Crippen LogP contribution is -2.16. The van der Waals surface area contributed by atoms with Crippen LogP contribution in [-0.4, -0.2) is 15.8 Å². The number of rotatable bonds is 3. The first-order valence-electron chi connectivity index (χ1n) is 6.09. The molecule has 0 aliphatic heterocycles. The number of Topliss-reactive ketones (excluding diaryl/α,β-unsaturated/α-hetero) is 1. The van der Waals surface area contributed by atoms with E-state index in [1.165, 1.54) is 0 Å². The van der Waals surface area contributed by atoms with Crippen molar-refractivity contribution < 1.29 is 4.79 Å². The topological polar surface area (TPSA) is 42.9 Å². The van der Waals surface area contributed by atoms with Crippen LogP contribution >= 0.6 is 0 Å². The fourth-order valence-corrected chi connectivity index (χ4v) is 2.08. The molecule has 0 unspecified atom stereocenters. The number of carbonyl (C=O) groups is 1. The average molecular weight is 252 g/mol. The van der Waals surface area contributed by atoms with Crippen molar-refractivity contribution in [2.75, 3.05) is 0 Å². The molecule has 19 heavy (non-hydrogen) atoms. The largest absolute Gasteiger partial charge is 0.294 e. The molecule has 3 nitrogen and oxygen atoms in total. The van der Waals surface area contributed by atoms with Gasteiger partial charge in [0.05, 0.1) is 12.1 Å². The van der Waals surface area contributed by atoms with Gasteiger partial charge in [-0.15, -0.1) is 0 Å². The number of carbonyl (C=O) groups excluding carboxylic acids is 1. The molecule has 1 aromatic heterocycles. The van der Waals surface area contributed by atoms with Gasteiger partial charge in [-0.3, -0.25) is 4.79 Å². The Morgan fingerprint density at radius 3 is 2.84 bits per heavy atom. The summed E-state index contributed by atoms with van der Waals surface area (Å²) in [5.74, 6) is 0.742. The van der Waals surface area contributed by atoms with E-state index in [2.05, 4.69) is 23.1 Å². The molecule has 1 aliphatic rings. The second-order valence-corrected chi connectivity index (χ2v) is 4.57. The molecule has 3 heteroatoms. The zero-order valence-electron chi connectivity index (χ0n) is 11.2. The summed E-state index contributed by atoms with van der Waals surface area (Å²) in [6.45, 7) is 11.3. The van der Waals surface area contributed by atoms with Crippen LogP contribution < -0.4 is 0 Å². The van der Waals surface area contributed by atoms with Crippen LogP contribution in [-0.2, 0) is 11.2 Å². The number of ketones is 1. The molecule has 0 aromatic carbocycles. The lowest BCUT2D eigenvalue weighted by Gasteiger charge is -2.17. The van der Waals surface area contributed by atoms with E-state index < -0.39 is 0 Å². The van der Waals surface area contributed by atoms with Crippen LogP contribution in [0.3, 0.4) is 0 Å². The summed E-state index contributed by atoms with van der Waals surface area (Å²) in [6.07, 6.45) is 7.39. The Morgan fingerprint density at radius 1 is 1.47 bits per heavy atom. The minimum absolute atomic E-state index is 0.0571. The monoisotopic (exact) mass is 252 g/mol. The number of allylic oxidation sites excluding steroid dienone is 5. The Balaban J connectivity index is 2.55. The summed E-state index contributed by atoms with van der Waals surface area (Å²) in [7, 11) is 0. The third-order valence-corrected chi connectivity index (χ3v) is 2.98. The predicted molar refractivity (Wildman–Crippen MR) is 76.6 cm³/mol. The number of fused-ring (bicyclic) bond motifs is 1. The minimum atomic E-state index is 0.0571. The van der Waals surface area contributed by atoms with E-state index in [0.29, 0.717) is 17.8 Å². The standard InChI is InChI=1S/C16H16N2O/c1-5-6-13(10(2)3)14-7-12-9-17-11(4)18-15(12)8-16(14)19/h5-7,9H,1-2,8H2,3-4H3/b13-6+. The molecular weight excluding hydrogens is 236 g/mol. The van der Waals surface area contributed by atoms with Gasteiger partial charge < -0.3 is 0 Å². The van der Waals surface area contributed by atoms with Gasteiger partial charge >= 0.3 is 0 Å². The first kappa shape index (κ1) is 13.1. The summed E-state index contributed by atoms with van der Waals surface area (Å²) in [6, 6.07) is 0. The van der Waals surface area contributed by atoms with Crippen LogP contribution in [0.5, 0.6) is 0 Å². The Bertz CT molecular complexity index is 636. The molecule has 0 saturated carbocycles. The van der Waals surface area contributed by atoms with Gasteiger partial charge in [0.1, 0.15) is 5.82 Å². The van der Waals surface area contributed by atoms with E-state index in [1.54, 1.807) is 12.3 Å². The molecule has 0 spiro atoms. The first-order chi connectivity index (χ1) is 9.02. The second kappa shape index (κ2) is 5.14. The van der Waals surface area contributed by atoms with Crippen molar-refractivity contribution >= 4 is 11.9 Å². The molecule has 0 atom stereocenters. The molecule has 0 amide bonds. The normalized spacial score (nSPS) is 14.7. The predicted octanol–water partition coefficient (Wildman–Crippen LogP) is 2.98. The molecular formula is C16H16N2O. The molecule has 1 aromatic rings. The van der Waals surface area contributed by atoms with Gasteiger partial charge in [0.2, 0.25) is 0 Å². The highest BCUT2D eigenvalue weighted by Gasteiger charge is 2.22. The zero-order chi connectivity index (χ0) is 14.0. The number of hydrogen-bond donors (Lipinski definition) is 0. The van der Waals surface area contributed by atoms with E-state index in [9.17, 15) is 4.79 Å². The van der Waals surface area contributed by atoms with Crippen LogP contribution in [0, 0.1) is 6.92 Å². The van der Waals surface area contributed by atoms with Gasteiger partial charge in [-0.1, -0.05) is 30.9 Å². The van der Waals surface area contributed by atoms with Gasteiger partial charge in [-0.25, -0.2) is 9.97 Å². The summed E-state index contributed by atoms with van der Waals surface area (Å²) >= 11 is 0. The molecule has 0 N–H and O–H groups in total. The van der Waals surface area contributed by atoms with Gasteiger partial charge in [0.25, 0.3) is 0 Å². The Kier molecular flexibility index (Phi) is 3.56. The van der Waals surface area contributed by atoms with Crippen LogP contribution in [0.2, 0.25) is 0 Å². The summed E-state index contributed by atoms with van der Waals surface area (Å²) in [4.78, 5) is 20.7. The highest BCUT2D eigenvalue weighted by molar-refractivity contribution is 6.08. The average Bonchev–Trinajstić information content (AvgIpc) is 2.35. The molecule has 96 valence electrons. The maximum Gasteiger partial charge on any atom is 0.169 e. The van der Waals surface area contributed by atoms with Gasteiger partial charge in [-0.2, -0.15) is 0 Å². The SMILES string of the molecule is C=C/C=C(\C(=C)C)C1=Cc2cnc(C)nc2CC1=O. The van der Waals surface area contributed by atoms with Crippen molar-refractivity contribution in [1.29, 1.82) is 0 Å². The molecule has 0 saturated heterocycles. The molecule has 1 heterocycles. The molecule has 0 bridgehead atoms. The number of nitrogens with zero attached hydrogens (tertiary/aromatic N) is 2. The smallest absolute Gasteiger partial charge is 0.169 e. The van der Waals surface area contributed by atoms with Crippen molar-refractivity contribution in [2.45, 2.75) is 20.3 Å². The van der Waals surface area contributed by atoms with Crippen molar-refractivity contribution in [3.63, 3.8) is 0 Å². The van der Waals surface area contributed by atoms with E-state index in [-0.39, 0.29) is 5.78 Å². The number of hydrogen-bond acceptors (Lipinski definition) is 3. The van der Waals surface area contributed by atoms with Crippen LogP contribution in [0.4, 0.5) is 0 Å². The third kappa shape index (κ3) is 2.60. The number of aryl methyl sites for hydroxylation is 1. The Labute approximate surface area is 113 Å². The van der Waals surface area contributed by atoms with Crippen LogP contribution in [0.1, 0.15) is 24.0 Å². The summed E-state index contributed by atoms with van der Waals surface area (Å²) in [5.41, 5.74) is 4.02. The highest BCUT2D eigenvalue weighted by Crippen LogP contribution is 2.27. The first-order valence-corrected chi connectivity index (χ1v) is 6.09. The fourth-order valence-electron chi connectivity index (χ4n) is 2.08. The van der Waals surface area contributed by atoms with Crippen molar-refractivity contribution in [1.82, 2.24) is 9.97 Å². The molecule has 1 aliphatic carbocycles. The van der Waals surface area contributed by atoms with E-state index in [4.69, 9.17) is 0 Å². The second-order valence-electron chi connectivity index (χ2n) is 4.57. The molecule has 2 rings (SSSR count). The Morgan fingerprint density at radius 2 is 2.21 bits per heavy atom. The van der Waals surface area contributed by atoms with Crippen molar-refractivity contribution in [2.24, 2.45) is 0 Å². The van der Waals surface area contributed by atoms with Gasteiger partial charge in [0.15, 0.2) is 5.78 Å². The maximum atomic E-state index is 12.2. The molecule has 0 radical (unpaired) electrons. The highest BCUT2D eigenvalue weighted by atomic mass is 16.1. The Hall–Kier alpha value is -2.29. The summed E-state index contributed by atoms with van der Waals surface area (Å²) < 4.78 is 0. The molecule has 0 fully saturated rings. The van der Waals surface area contributed by atoms with Crippen molar-refractivity contribution in [3.8, 4) is 0 Å². The van der Waals surface area contributed by atoms with E-state index in [1.807, 2.05) is 26.0 Å².